The Bertz CT molecular complexity index is 1320. The first-order valence-electron chi connectivity index (χ1n) is 12.6. The maximum absolute atomic E-state index is 13.7. The zero-order chi connectivity index (χ0) is 26.9. The molecule has 2 aromatic carbocycles. The molecule has 5 rings (SSSR count). The number of halogens is 4. The number of fused-ring (bicyclic) bond motifs is 1. The van der Waals surface area contributed by atoms with E-state index in [1.807, 2.05) is 29.2 Å². The Balaban J connectivity index is 1.39. The zero-order valence-corrected chi connectivity index (χ0v) is 21.7. The molecular weight excluding hydrogens is 515 g/mol. The number of anilines is 2. The number of benzene rings is 2. The van der Waals surface area contributed by atoms with E-state index in [1.54, 1.807) is 12.3 Å². The summed E-state index contributed by atoms with van der Waals surface area (Å²) in [6.07, 6.45) is -0.931. The van der Waals surface area contributed by atoms with Crippen molar-refractivity contribution in [3.63, 3.8) is 0 Å². The first-order chi connectivity index (χ1) is 18.2. The monoisotopic (exact) mass is 543 g/mol. The molecule has 1 saturated heterocycles. The second-order valence-electron chi connectivity index (χ2n) is 9.87. The van der Waals surface area contributed by atoms with Gasteiger partial charge in [0.15, 0.2) is 0 Å². The van der Waals surface area contributed by atoms with Crippen LogP contribution < -0.4 is 15.5 Å². The van der Waals surface area contributed by atoms with E-state index >= 15 is 0 Å². The molecule has 3 aromatic rings. The van der Waals surface area contributed by atoms with E-state index in [-0.39, 0.29) is 29.1 Å². The number of aromatic nitrogens is 1. The lowest BCUT2D eigenvalue weighted by Crippen LogP contribution is -2.43. The van der Waals surface area contributed by atoms with Crippen LogP contribution in [-0.4, -0.2) is 55.1 Å². The molecule has 3 heterocycles. The van der Waals surface area contributed by atoms with Gasteiger partial charge in [-0.05, 0) is 80.5 Å². The summed E-state index contributed by atoms with van der Waals surface area (Å²) in [5.41, 5.74) is 2.24. The van der Waals surface area contributed by atoms with Crippen molar-refractivity contribution in [2.45, 2.75) is 31.6 Å². The number of hydrogen-bond acceptors (Lipinski definition) is 5. The van der Waals surface area contributed by atoms with Crippen molar-refractivity contribution >= 4 is 29.0 Å². The normalized spacial score (nSPS) is 16.6. The minimum absolute atomic E-state index is 0.0360. The first kappa shape index (κ1) is 26.3. The van der Waals surface area contributed by atoms with Crippen LogP contribution in [0.25, 0.3) is 11.1 Å². The van der Waals surface area contributed by atoms with E-state index in [9.17, 15) is 18.0 Å². The van der Waals surface area contributed by atoms with Crippen LogP contribution >= 0.6 is 11.6 Å². The van der Waals surface area contributed by atoms with Gasteiger partial charge in [0.2, 0.25) is 0 Å². The van der Waals surface area contributed by atoms with Gasteiger partial charge in [0, 0.05) is 48.0 Å². The predicted octanol–water partition coefficient (Wildman–Crippen LogP) is 5.68. The number of alkyl halides is 3. The van der Waals surface area contributed by atoms with Gasteiger partial charge in [0.25, 0.3) is 5.91 Å². The number of rotatable bonds is 5. The van der Waals surface area contributed by atoms with Crippen LogP contribution in [0.4, 0.5) is 24.7 Å². The number of nitrogens with zero attached hydrogens (tertiary/aromatic N) is 3. The Labute approximate surface area is 224 Å². The van der Waals surface area contributed by atoms with Crippen LogP contribution in [0, 0.1) is 0 Å². The average Bonchev–Trinajstić information content (AvgIpc) is 2.89. The standard InChI is InChI=1S/C28H29ClF3N5O/c1-36-10-7-23(8-11-36)35-27(38)19-4-2-3-18(13-19)20-15-25-26(34-16-20)33-9-12-37(25)17-21-14-22(29)5-6-24(21)28(30,31)32/h2-6,13-16,23H,7-12,17H2,1H3,(H,33,34)(H,35,38). The van der Waals surface area contributed by atoms with Gasteiger partial charge in [-0.25, -0.2) is 4.98 Å². The van der Waals surface area contributed by atoms with Crippen LogP contribution in [0.1, 0.15) is 34.3 Å². The summed E-state index contributed by atoms with van der Waals surface area (Å²) in [5.74, 6) is 0.489. The number of pyridine rings is 1. The largest absolute Gasteiger partial charge is 0.416 e. The minimum Gasteiger partial charge on any atom is -0.367 e. The second-order valence-corrected chi connectivity index (χ2v) is 10.3. The zero-order valence-electron chi connectivity index (χ0n) is 21.0. The summed E-state index contributed by atoms with van der Waals surface area (Å²) in [5, 5.41) is 6.62. The highest BCUT2D eigenvalue weighted by Crippen LogP contribution is 2.37. The lowest BCUT2D eigenvalue weighted by atomic mass is 10.0. The molecule has 10 heteroatoms. The van der Waals surface area contributed by atoms with Gasteiger partial charge in [-0.2, -0.15) is 13.2 Å². The lowest BCUT2D eigenvalue weighted by Gasteiger charge is -2.32. The van der Waals surface area contributed by atoms with E-state index in [0.29, 0.717) is 30.2 Å². The molecule has 0 saturated carbocycles. The molecule has 6 nitrogen and oxygen atoms in total. The van der Waals surface area contributed by atoms with Gasteiger partial charge < -0.3 is 20.4 Å². The Kier molecular flexibility index (Phi) is 7.49. The van der Waals surface area contributed by atoms with Gasteiger partial charge in [0.1, 0.15) is 5.82 Å². The van der Waals surface area contributed by atoms with Gasteiger partial charge in [0.05, 0.1) is 11.3 Å². The van der Waals surface area contributed by atoms with Crippen molar-refractivity contribution in [2.24, 2.45) is 0 Å². The predicted molar refractivity (Wildman–Crippen MR) is 144 cm³/mol. The van der Waals surface area contributed by atoms with E-state index in [1.165, 1.54) is 12.1 Å². The van der Waals surface area contributed by atoms with Gasteiger partial charge in [-0.15, -0.1) is 0 Å². The molecular formula is C28H29ClF3N5O. The Morgan fingerprint density at radius 1 is 1.11 bits per heavy atom. The molecule has 200 valence electrons. The first-order valence-corrected chi connectivity index (χ1v) is 13.0. The maximum atomic E-state index is 13.7. The third-order valence-corrected chi connectivity index (χ3v) is 7.36. The van der Waals surface area contributed by atoms with Crippen molar-refractivity contribution in [3.05, 3.63) is 76.4 Å². The Hall–Kier alpha value is -3.30. The summed E-state index contributed by atoms with van der Waals surface area (Å²) >= 11 is 6.05. The molecule has 2 aliphatic rings. The van der Waals surface area contributed by atoms with E-state index in [0.717, 1.165) is 43.1 Å². The number of nitrogens with one attached hydrogen (secondary N) is 2. The molecule has 1 amide bonds. The van der Waals surface area contributed by atoms with Crippen LogP contribution in [0.3, 0.4) is 0 Å². The minimum atomic E-state index is -4.48. The van der Waals surface area contributed by atoms with Crippen molar-refractivity contribution in [1.82, 2.24) is 15.2 Å². The summed E-state index contributed by atoms with van der Waals surface area (Å²) in [4.78, 5) is 21.6. The average molecular weight is 544 g/mol. The van der Waals surface area contributed by atoms with Crippen molar-refractivity contribution < 1.29 is 18.0 Å². The van der Waals surface area contributed by atoms with Gasteiger partial charge >= 0.3 is 6.18 Å². The Morgan fingerprint density at radius 3 is 2.66 bits per heavy atom. The highest BCUT2D eigenvalue weighted by molar-refractivity contribution is 6.30. The van der Waals surface area contributed by atoms with Crippen LogP contribution in [0.5, 0.6) is 0 Å². The summed E-state index contributed by atoms with van der Waals surface area (Å²) < 4.78 is 41.0. The number of piperidine rings is 1. The van der Waals surface area contributed by atoms with Crippen LogP contribution in [0.15, 0.2) is 54.7 Å². The highest BCUT2D eigenvalue weighted by Gasteiger charge is 2.34. The highest BCUT2D eigenvalue weighted by atomic mass is 35.5. The molecule has 0 radical (unpaired) electrons. The molecule has 0 unspecified atom stereocenters. The molecule has 1 fully saturated rings. The quantitative estimate of drug-likeness (QED) is 0.434. The number of carbonyl (C=O) groups is 1. The maximum Gasteiger partial charge on any atom is 0.416 e. The third kappa shape index (κ3) is 5.89. The lowest BCUT2D eigenvalue weighted by molar-refractivity contribution is -0.138. The fourth-order valence-electron chi connectivity index (χ4n) is 5.02. The van der Waals surface area contributed by atoms with E-state index in [4.69, 9.17) is 11.6 Å². The topological polar surface area (TPSA) is 60.5 Å². The second kappa shape index (κ2) is 10.8. The molecule has 2 aliphatic heterocycles. The van der Waals surface area contributed by atoms with Crippen LogP contribution in [0.2, 0.25) is 5.02 Å². The molecule has 1 aromatic heterocycles. The van der Waals surface area contributed by atoms with Crippen molar-refractivity contribution in [1.29, 1.82) is 0 Å². The molecule has 0 spiro atoms. The molecule has 0 bridgehead atoms. The molecule has 38 heavy (non-hydrogen) atoms. The smallest absolute Gasteiger partial charge is 0.367 e. The number of amides is 1. The SMILES string of the molecule is CN1CCC(NC(=O)c2cccc(-c3cnc4c(c3)N(Cc3cc(Cl)ccc3C(F)(F)F)CCN4)c2)CC1. The molecule has 0 aliphatic carbocycles. The number of carbonyl (C=O) groups excluding carboxylic acids is 1. The molecule has 0 atom stereocenters. The van der Waals surface area contributed by atoms with Gasteiger partial charge in [-0.3, -0.25) is 4.79 Å². The van der Waals surface area contributed by atoms with E-state index < -0.39 is 11.7 Å². The molecule has 2 N–H and O–H groups in total. The summed E-state index contributed by atoms with van der Waals surface area (Å²) in [7, 11) is 2.08. The van der Waals surface area contributed by atoms with Crippen LogP contribution in [-0.2, 0) is 12.7 Å². The Morgan fingerprint density at radius 2 is 1.89 bits per heavy atom. The number of hydrogen-bond donors (Lipinski definition) is 2. The summed E-state index contributed by atoms with van der Waals surface area (Å²) in [6.45, 7) is 3.00. The fraction of sp³-hybridized carbons (Fsp3) is 0.357. The summed E-state index contributed by atoms with van der Waals surface area (Å²) in [6, 6.07) is 13.0. The third-order valence-electron chi connectivity index (χ3n) is 7.13. The van der Waals surface area contributed by atoms with Crippen molar-refractivity contribution in [2.75, 3.05) is 43.4 Å². The van der Waals surface area contributed by atoms with Crippen molar-refractivity contribution in [3.8, 4) is 11.1 Å². The van der Waals surface area contributed by atoms with Gasteiger partial charge in [-0.1, -0.05) is 23.7 Å². The fourth-order valence-corrected chi connectivity index (χ4v) is 5.21. The number of likely N-dealkylation sites (tertiary alicyclic amines) is 1. The van der Waals surface area contributed by atoms with E-state index in [2.05, 4.69) is 27.6 Å².